The molecule has 0 saturated carbocycles. The SMILES string of the molecule is CC(=O)NC[C@H]1CN(c2cc(F)c(N3CC[C@@H](n4ccnn4)C3)c(F)c2)C(=O)O1. The fraction of sp³-hybridized carbons (Fsp3) is 0.444. The van der Waals surface area contributed by atoms with Gasteiger partial charge in [-0.3, -0.25) is 9.69 Å². The molecule has 2 aliphatic rings. The van der Waals surface area contributed by atoms with E-state index >= 15 is 0 Å². The second kappa shape index (κ2) is 7.64. The molecule has 2 aromatic rings. The lowest BCUT2D eigenvalue weighted by atomic mass is 10.2. The third-order valence-electron chi connectivity index (χ3n) is 5.06. The summed E-state index contributed by atoms with van der Waals surface area (Å²) in [6.45, 7) is 2.46. The standard InChI is InChI=1S/C18H20F2N6O3/c1-11(27)21-8-14-10-25(18(28)29-14)13-6-15(19)17(16(20)7-13)24-4-2-12(9-24)26-5-3-22-23-26/h3,5-7,12,14H,2,4,8-10H2,1H3,(H,21,27)/t12-,14+/m1/s1. The van der Waals surface area contributed by atoms with Gasteiger partial charge in [0.05, 0.1) is 31.0 Å². The van der Waals surface area contributed by atoms with Crippen LogP contribution in [-0.2, 0) is 9.53 Å². The number of nitrogens with one attached hydrogen (secondary N) is 1. The molecule has 154 valence electrons. The Hall–Kier alpha value is -3.24. The van der Waals surface area contributed by atoms with E-state index < -0.39 is 23.8 Å². The smallest absolute Gasteiger partial charge is 0.414 e. The van der Waals surface area contributed by atoms with E-state index in [1.807, 2.05) is 0 Å². The summed E-state index contributed by atoms with van der Waals surface area (Å²) >= 11 is 0. The van der Waals surface area contributed by atoms with Crippen LogP contribution in [-0.4, -0.2) is 59.3 Å². The fourth-order valence-corrected chi connectivity index (χ4v) is 3.68. The minimum atomic E-state index is -0.752. The Labute approximate surface area is 165 Å². The number of carbonyl (C=O) groups is 2. The van der Waals surface area contributed by atoms with Crippen LogP contribution in [0.3, 0.4) is 0 Å². The van der Waals surface area contributed by atoms with Crippen LogP contribution in [0.25, 0.3) is 0 Å². The van der Waals surface area contributed by atoms with E-state index in [-0.39, 0.29) is 36.4 Å². The maximum Gasteiger partial charge on any atom is 0.414 e. The van der Waals surface area contributed by atoms with Crippen LogP contribution in [0.1, 0.15) is 19.4 Å². The molecule has 1 N–H and O–H groups in total. The van der Waals surface area contributed by atoms with Crippen molar-refractivity contribution in [3.63, 3.8) is 0 Å². The highest BCUT2D eigenvalue weighted by Gasteiger charge is 2.34. The Morgan fingerprint density at radius 3 is 2.72 bits per heavy atom. The largest absolute Gasteiger partial charge is 0.442 e. The Bertz CT molecular complexity index is 899. The molecule has 0 spiro atoms. The molecular formula is C18H20F2N6O3. The number of hydrogen-bond donors (Lipinski definition) is 1. The molecule has 0 bridgehead atoms. The first-order valence-corrected chi connectivity index (χ1v) is 9.24. The first-order chi connectivity index (χ1) is 13.9. The van der Waals surface area contributed by atoms with Crippen LogP contribution in [0.15, 0.2) is 24.5 Å². The third kappa shape index (κ3) is 3.84. The van der Waals surface area contributed by atoms with E-state index in [1.54, 1.807) is 22.0 Å². The van der Waals surface area contributed by atoms with Gasteiger partial charge in [-0.25, -0.2) is 18.3 Å². The molecule has 29 heavy (non-hydrogen) atoms. The zero-order valence-corrected chi connectivity index (χ0v) is 15.7. The maximum absolute atomic E-state index is 14.8. The predicted octanol–water partition coefficient (Wildman–Crippen LogP) is 1.47. The molecule has 0 aliphatic carbocycles. The van der Waals surface area contributed by atoms with Gasteiger partial charge in [0.2, 0.25) is 5.91 Å². The lowest BCUT2D eigenvalue weighted by Crippen LogP contribution is -2.33. The van der Waals surface area contributed by atoms with Gasteiger partial charge in [0.1, 0.15) is 11.8 Å². The zero-order chi connectivity index (χ0) is 20.5. The first kappa shape index (κ1) is 19.1. The molecule has 1 aromatic carbocycles. The molecule has 0 radical (unpaired) electrons. The average molecular weight is 406 g/mol. The Kier molecular flexibility index (Phi) is 5.03. The van der Waals surface area contributed by atoms with Crippen LogP contribution >= 0.6 is 0 Å². The topological polar surface area (TPSA) is 92.6 Å². The number of benzene rings is 1. The number of amides is 2. The Morgan fingerprint density at radius 1 is 1.31 bits per heavy atom. The number of hydrogen-bond acceptors (Lipinski definition) is 6. The molecule has 2 atom stereocenters. The molecule has 0 unspecified atom stereocenters. The number of carbonyl (C=O) groups excluding carboxylic acids is 2. The minimum absolute atomic E-state index is 0.0147. The second-order valence-electron chi connectivity index (χ2n) is 7.08. The van der Waals surface area contributed by atoms with Crippen molar-refractivity contribution < 1.29 is 23.1 Å². The monoisotopic (exact) mass is 406 g/mol. The van der Waals surface area contributed by atoms with E-state index in [9.17, 15) is 18.4 Å². The number of rotatable bonds is 5. The quantitative estimate of drug-likeness (QED) is 0.809. The zero-order valence-electron chi connectivity index (χ0n) is 15.7. The van der Waals surface area contributed by atoms with Crippen molar-refractivity contribution in [3.05, 3.63) is 36.2 Å². The average Bonchev–Trinajstić information content (AvgIpc) is 3.40. The summed E-state index contributed by atoms with van der Waals surface area (Å²) in [5.41, 5.74) is -0.0511. The summed E-state index contributed by atoms with van der Waals surface area (Å²) in [5.74, 6) is -1.76. The predicted molar refractivity (Wildman–Crippen MR) is 98.5 cm³/mol. The molecular weight excluding hydrogens is 386 g/mol. The molecule has 3 heterocycles. The number of cyclic esters (lactones) is 1. The van der Waals surface area contributed by atoms with Gasteiger partial charge in [-0.2, -0.15) is 0 Å². The lowest BCUT2D eigenvalue weighted by molar-refractivity contribution is -0.119. The molecule has 2 amide bonds. The van der Waals surface area contributed by atoms with Crippen LogP contribution in [0.5, 0.6) is 0 Å². The van der Waals surface area contributed by atoms with Crippen molar-refractivity contribution in [2.24, 2.45) is 0 Å². The van der Waals surface area contributed by atoms with Gasteiger partial charge in [-0.05, 0) is 6.42 Å². The maximum atomic E-state index is 14.8. The summed E-state index contributed by atoms with van der Waals surface area (Å²) in [5, 5.41) is 10.3. The second-order valence-corrected chi connectivity index (χ2v) is 7.08. The molecule has 11 heteroatoms. The fourth-order valence-electron chi connectivity index (χ4n) is 3.68. The van der Waals surface area contributed by atoms with Crippen molar-refractivity contribution in [2.45, 2.75) is 25.5 Å². The van der Waals surface area contributed by atoms with E-state index in [4.69, 9.17) is 4.74 Å². The minimum Gasteiger partial charge on any atom is -0.442 e. The van der Waals surface area contributed by atoms with Crippen LogP contribution < -0.4 is 15.1 Å². The molecule has 2 aliphatic heterocycles. The summed E-state index contributed by atoms with van der Waals surface area (Å²) in [7, 11) is 0. The van der Waals surface area contributed by atoms with Gasteiger partial charge in [-0.15, -0.1) is 5.10 Å². The van der Waals surface area contributed by atoms with E-state index in [1.165, 1.54) is 6.92 Å². The van der Waals surface area contributed by atoms with Crippen LogP contribution in [0, 0.1) is 11.6 Å². The first-order valence-electron chi connectivity index (χ1n) is 9.24. The summed E-state index contributed by atoms with van der Waals surface area (Å²) in [6.07, 6.45) is 2.68. The molecule has 2 fully saturated rings. The van der Waals surface area contributed by atoms with Crippen molar-refractivity contribution in [1.82, 2.24) is 20.3 Å². The molecule has 2 saturated heterocycles. The highest BCUT2D eigenvalue weighted by Crippen LogP contribution is 2.34. The van der Waals surface area contributed by atoms with Gasteiger partial charge in [0.15, 0.2) is 11.6 Å². The normalized spacial score (nSPS) is 21.6. The number of nitrogens with zero attached hydrogens (tertiary/aromatic N) is 5. The number of aromatic nitrogens is 3. The van der Waals surface area contributed by atoms with E-state index in [0.717, 1.165) is 17.0 Å². The van der Waals surface area contributed by atoms with Gasteiger partial charge in [0.25, 0.3) is 0 Å². The number of ether oxygens (including phenoxy) is 1. The number of anilines is 2. The Balaban J connectivity index is 1.49. The summed E-state index contributed by atoms with van der Waals surface area (Å²) in [6, 6.07) is 2.24. The van der Waals surface area contributed by atoms with Gasteiger partial charge in [-0.1, -0.05) is 5.21 Å². The van der Waals surface area contributed by atoms with Gasteiger partial charge in [0, 0.05) is 38.3 Å². The Morgan fingerprint density at radius 2 is 2.07 bits per heavy atom. The third-order valence-corrected chi connectivity index (χ3v) is 5.06. The van der Waals surface area contributed by atoms with Crippen LogP contribution in [0.2, 0.25) is 0 Å². The van der Waals surface area contributed by atoms with E-state index in [0.29, 0.717) is 19.5 Å². The summed E-state index contributed by atoms with van der Waals surface area (Å²) in [4.78, 5) is 25.9. The van der Waals surface area contributed by atoms with Crippen LogP contribution in [0.4, 0.5) is 25.0 Å². The van der Waals surface area contributed by atoms with E-state index in [2.05, 4.69) is 15.6 Å². The van der Waals surface area contributed by atoms with Crippen molar-refractivity contribution in [3.8, 4) is 0 Å². The lowest BCUT2D eigenvalue weighted by Gasteiger charge is -2.22. The molecule has 4 rings (SSSR count). The van der Waals surface area contributed by atoms with Gasteiger partial charge >= 0.3 is 6.09 Å². The van der Waals surface area contributed by atoms with Crippen molar-refractivity contribution in [2.75, 3.05) is 36.0 Å². The molecule has 9 nitrogen and oxygen atoms in total. The highest BCUT2D eigenvalue weighted by molar-refractivity contribution is 5.90. The van der Waals surface area contributed by atoms with Crippen molar-refractivity contribution in [1.29, 1.82) is 0 Å². The van der Waals surface area contributed by atoms with Gasteiger partial charge < -0.3 is 15.0 Å². The van der Waals surface area contributed by atoms with Crippen molar-refractivity contribution >= 4 is 23.4 Å². The highest BCUT2D eigenvalue weighted by atomic mass is 19.1. The molecule has 1 aromatic heterocycles. The summed E-state index contributed by atoms with van der Waals surface area (Å²) < 4.78 is 36.4. The number of halogens is 2.